The molecule has 5 heteroatoms. The first kappa shape index (κ1) is 17.9. The van der Waals surface area contributed by atoms with Crippen LogP contribution in [-0.4, -0.2) is 22.6 Å². The topological polar surface area (TPSA) is 68.0 Å². The Morgan fingerprint density at radius 2 is 1.86 bits per heavy atom. The van der Waals surface area contributed by atoms with Crippen molar-refractivity contribution in [1.82, 2.24) is 15.5 Å². The highest BCUT2D eigenvalue weighted by Gasteiger charge is 2.09. The van der Waals surface area contributed by atoms with E-state index in [2.05, 4.69) is 64.0 Å². The molecule has 5 nitrogen and oxygen atoms in total. The summed E-state index contributed by atoms with van der Waals surface area (Å²) in [7, 11) is 0. The van der Waals surface area contributed by atoms with Crippen LogP contribution in [0, 0.1) is 6.92 Å². The normalized spacial score (nSPS) is 10.9. The molecule has 0 saturated carbocycles. The van der Waals surface area contributed by atoms with Crippen molar-refractivity contribution in [3.8, 4) is 11.1 Å². The number of aromatic nitrogens is 2. The quantitative estimate of drug-likeness (QED) is 0.505. The van der Waals surface area contributed by atoms with Crippen molar-refractivity contribution < 1.29 is 9.32 Å². The third-order valence-electron chi connectivity index (χ3n) is 4.68. The molecule has 2 aromatic heterocycles. The van der Waals surface area contributed by atoms with Crippen molar-refractivity contribution >= 4 is 16.8 Å². The number of benzene rings is 2. The van der Waals surface area contributed by atoms with E-state index in [4.69, 9.17) is 4.52 Å². The first-order valence-electron chi connectivity index (χ1n) is 9.35. The number of nitrogens with zero attached hydrogens (tertiary/aromatic N) is 2. The lowest BCUT2D eigenvalue weighted by Gasteiger charge is -2.07. The molecule has 0 spiro atoms. The Labute approximate surface area is 163 Å². The summed E-state index contributed by atoms with van der Waals surface area (Å²) in [5.74, 6) is 0.436. The summed E-state index contributed by atoms with van der Waals surface area (Å²) in [5.41, 5.74) is 4.95. The van der Waals surface area contributed by atoms with Crippen LogP contribution in [0.4, 0.5) is 0 Å². The standard InChI is InChI=1S/C23H21N3O2/c1-16-14-22(26-28-16)23(27)25-13-2-4-17-6-8-18(9-7-17)19-10-11-21-20(15-19)5-3-12-24-21/h3,5-12,14-15H,2,4,13H2,1H3,(H,25,27). The van der Waals surface area contributed by atoms with Gasteiger partial charge in [0.15, 0.2) is 5.69 Å². The zero-order valence-electron chi connectivity index (χ0n) is 15.7. The Morgan fingerprint density at radius 3 is 2.64 bits per heavy atom. The second kappa shape index (κ2) is 8.05. The first-order valence-corrected chi connectivity index (χ1v) is 9.35. The van der Waals surface area contributed by atoms with Gasteiger partial charge >= 0.3 is 0 Å². The molecule has 4 aromatic rings. The monoisotopic (exact) mass is 371 g/mol. The van der Waals surface area contributed by atoms with Crippen molar-refractivity contribution in [2.24, 2.45) is 0 Å². The Hall–Kier alpha value is -3.47. The molecule has 2 heterocycles. The SMILES string of the molecule is Cc1cc(C(=O)NCCCc2ccc(-c3ccc4ncccc4c3)cc2)no1. The molecule has 0 saturated heterocycles. The fourth-order valence-corrected chi connectivity index (χ4v) is 3.18. The van der Waals surface area contributed by atoms with Crippen LogP contribution in [0.3, 0.4) is 0 Å². The molecular weight excluding hydrogens is 350 g/mol. The van der Waals surface area contributed by atoms with Crippen molar-refractivity contribution in [2.45, 2.75) is 19.8 Å². The van der Waals surface area contributed by atoms with Gasteiger partial charge in [-0.1, -0.05) is 41.6 Å². The molecule has 1 amide bonds. The average molecular weight is 371 g/mol. The number of aryl methyl sites for hydroxylation is 2. The van der Waals surface area contributed by atoms with Gasteiger partial charge in [0.05, 0.1) is 5.52 Å². The fourth-order valence-electron chi connectivity index (χ4n) is 3.18. The number of rotatable bonds is 6. The number of nitrogens with one attached hydrogen (secondary N) is 1. The molecule has 0 radical (unpaired) electrons. The number of hydrogen-bond acceptors (Lipinski definition) is 4. The summed E-state index contributed by atoms with van der Waals surface area (Å²) in [4.78, 5) is 16.3. The van der Waals surface area contributed by atoms with E-state index in [-0.39, 0.29) is 5.91 Å². The molecule has 28 heavy (non-hydrogen) atoms. The van der Waals surface area contributed by atoms with Crippen LogP contribution in [0.5, 0.6) is 0 Å². The predicted octanol–water partition coefficient (Wildman–Crippen LogP) is 4.56. The highest BCUT2D eigenvalue weighted by molar-refractivity contribution is 5.92. The minimum absolute atomic E-state index is 0.196. The highest BCUT2D eigenvalue weighted by atomic mass is 16.5. The zero-order chi connectivity index (χ0) is 19.3. The van der Waals surface area contributed by atoms with Gasteiger partial charge in [0.1, 0.15) is 5.76 Å². The van der Waals surface area contributed by atoms with Gasteiger partial charge in [0, 0.05) is 24.2 Å². The predicted molar refractivity (Wildman–Crippen MR) is 109 cm³/mol. The summed E-state index contributed by atoms with van der Waals surface area (Å²) in [5, 5.41) is 7.73. The smallest absolute Gasteiger partial charge is 0.273 e. The number of pyridine rings is 1. The van der Waals surface area contributed by atoms with E-state index in [1.54, 1.807) is 13.0 Å². The maximum atomic E-state index is 11.9. The lowest BCUT2D eigenvalue weighted by molar-refractivity contribution is 0.0944. The van der Waals surface area contributed by atoms with Crippen LogP contribution in [0.2, 0.25) is 0 Å². The maximum Gasteiger partial charge on any atom is 0.273 e. The van der Waals surface area contributed by atoms with Gasteiger partial charge < -0.3 is 9.84 Å². The van der Waals surface area contributed by atoms with Crippen LogP contribution in [0.25, 0.3) is 22.0 Å². The van der Waals surface area contributed by atoms with Crippen molar-refractivity contribution in [1.29, 1.82) is 0 Å². The average Bonchev–Trinajstić information content (AvgIpc) is 3.17. The lowest BCUT2D eigenvalue weighted by atomic mass is 10.0. The molecule has 0 aliphatic rings. The van der Waals surface area contributed by atoms with Crippen molar-refractivity contribution in [3.63, 3.8) is 0 Å². The van der Waals surface area contributed by atoms with E-state index in [1.165, 1.54) is 16.7 Å². The molecule has 4 rings (SSSR count). The Bertz CT molecular complexity index is 1100. The molecule has 0 aliphatic carbocycles. The first-order chi connectivity index (χ1) is 13.7. The van der Waals surface area contributed by atoms with Crippen LogP contribution in [0.15, 0.2) is 71.4 Å². The Balaban J connectivity index is 1.32. The van der Waals surface area contributed by atoms with Crippen molar-refractivity contribution in [2.75, 3.05) is 6.54 Å². The zero-order valence-corrected chi connectivity index (χ0v) is 15.7. The van der Waals surface area contributed by atoms with Gasteiger partial charge in [0.2, 0.25) is 0 Å². The molecular formula is C23H21N3O2. The van der Waals surface area contributed by atoms with Gasteiger partial charge in [-0.25, -0.2) is 0 Å². The third kappa shape index (κ3) is 4.09. The van der Waals surface area contributed by atoms with Crippen molar-refractivity contribution in [3.05, 3.63) is 83.9 Å². The maximum absolute atomic E-state index is 11.9. The lowest BCUT2D eigenvalue weighted by Crippen LogP contribution is -2.25. The fraction of sp³-hybridized carbons (Fsp3) is 0.174. The van der Waals surface area contributed by atoms with Crippen LogP contribution < -0.4 is 5.32 Å². The summed E-state index contributed by atoms with van der Waals surface area (Å²) in [6.07, 6.45) is 3.58. The summed E-state index contributed by atoms with van der Waals surface area (Å²) in [6.45, 7) is 2.37. The highest BCUT2D eigenvalue weighted by Crippen LogP contribution is 2.24. The van der Waals surface area contributed by atoms with E-state index in [0.717, 1.165) is 23.7 Å². The molecule has 0 atom stereocenters. The molecule has 0 aliphatic heterocycles. The molecule has 0 unspecified atom stereocenters. The summed E-state index contributed by atoms with van der Waals surface area (Å²) < 4.78 is 4.92. The number of hydrogen-bond donors (Lipinski definition) is 1. The number of carbonyl (C=O) groups excluding carboxylic acids is 1. The largest absolute Gasteiger partial charge is 0.361 e. The van der Waals surface area contributed by atoms with Crippen LogP contribution >= 0.6 is 0 Å². The molecule has 2 aromatic carbocycles. The van der Waals surface area contributed by atoms with E-state index >= 15 is 0 Å². The molecule has 0 fully saturated rings. The van der Waals surface area contributed by atoms with Gasteiger partial charge in [-0.2, -0.15) is 0 Å². The summed E-state index contributed by atoms with van der Waals surface area (Å²) >= 11 is 0. The van der Waals surface area contributed by atoms with Gasteiger partial charge in [-0.05, 0) is 54.7 Å². The van der Waals surface area contributed by atoms with Crippen LogP contribution in [-0.2, 0) is 6.42 Å². The van der Waals surface area contributed by atoms with E-state index in [9.17, 15) is 4.79 Å². The van der Waals surface area contributed by atoms with E-state index < -0.39 is 0 Å². The molecule has 140 valence electrons. The van der Waals surface area contributed by atoms with Gasteiger partial charge in [-0.3, -0.25) is 9.78 Å². The summed E-state index contributed by atoms with van der Waals surface area (Å²) in [6, 6.07) is 20.6. The number of fused-ring (bicyclic) bond motifs is 1. The van der Waals surface area contributed by atoms with Gasteiger partial charge in [-0.15, -0.1) is 0 Å². The Kier molecular flexibility index (Phi) is 5.15. The van der Waals surface area contributed by atoms with E-state index in [1.807, 2.05) is 12.3 Å². The second-order valence-corrected chi connectivity index (χ2v) is 6.79. The minimum atomic E-state index is -0.196. The van der Waals surface area contributed by atoms with E-state index in [0.29, 0.717) is 18.0 Å². The molecule has 1 N–H and O–H groups in total. The van der Waals surface area contributed by atoms with Gasteiger partial charge in [0.25, 0.3) is 5.91 Å². The van der Waals surface area contributed by atoms with Crippen LogP contribution in [0.1, 0.15) is 28.2 Å². The minimum Gasteiger partial charge on any atom is -0.361 e. The molecule has 0 bridgehead atoms. The number of amides is 1. The second-order valence-electron chi connectivity index (χ2n) is 6.79. The Morgan fingerprint density at radius 1 is 1.04 bits per heavy atom. The third-order valence-corrected chi connectivity index (χ3v) is 4.68. The number of carbonyl (C=O) groups is 1.